The third-order valence-corrected chi connectivity index (χ3v) is 3.78. The van der Waals surface area contributed by atoms with Gasteiger partial charge in [0.25, 0.3) is 11.8 Å². The third kappa shape index (κ3) is 3.85. The first-order valence-corrected chi connectivity index (χ1v) is 7.95. The minimum Gasteiger partial charge on any atom is -0.490 e. The van der Waals surface area contributed by atoms with Crippen molar-refractivity contribution in [1.82, 2.24) is 4.90 Å². The molecule has 0 radical (unpaired) electrons. The summed E-state index contributed by atoms with van der Waals surface area (Å²) < 4.78 is 10.5. The van der Waals surface area contributed by atoms with Crippen LogP contribution in [-0.4, -0.2) is 42.4 Å². The molecule has 1 aliphatic rings. The maximum atomic E-state index is 12.2. The van der Waals surface area contributed by atoms with Crippen molar-refractivity contribution in [2.75, 3.05) is 19.8 Å². The molecule has 128 valence electrons. The smallest absolute Gasteiger partial charge is 0.307 e. The monoisotopic (exact) mass is 339 g/mol. The first-order chi connectivity index (χ1) is 12.2. The van der Waals surface area contributed by atoms with E-state index in [4.69, 9.17) is 9.47 Å². The van der Waals surface area contributed by atoms with Gasteiger partial charge in [0.1, 0.15) is 19.0 Å². The van der Waals surface area contributed by atoms with Gasteiger partial charge >= 0.3 is 5.97 Å². The fraction of sp³-hybridized carbons (Fsp3) is 0.211. The number of rotatable bonds is 7. The normalized spacial score (nSPS) is 12.9. The number of amides is 2. The van der Waals surface area contributed by atoms with E-state index in [0.717, 1.165) is 4.90 Å². The highest BCUT2D eigenvalue weighted by Crippen LogP contribution is 2.22. The van der Waals surface area contributed by atoms with Gasteiger partial charge in [0.2, 0.25) is 0 Å². The van der Waals surface area contributed by atoms with Gasteiger partial charge in [-0.05, 0) is 24.3 Å². The van der Waals surface area contributed by atoms with E-state index >= 15 is 0 Å². The van der Waals surface area contributed by atoms with Gasteiger partial charge in [-0.3, -0.25) is 19.3 Å². The zero-order valence-electron chi connectivity index (χ0n) is 13.5. The lowest BCUT2D eigenvalue weighted by Crippen LogP contribution is -2.32. The van der Waals surface area contributed by atoms with Gasteiger partial charge in [-0.2, -0.15) is 0 Å². The molecule has 1 aliphatic heterocycles. The predicted octanol–water partition coefficient (Wildman–Crippen LogP) is 2.29. The van der Waals surface area contributed by atoms with E-state index in [1.54, 1.807) is 24.3 Å². The molecule has 1 heterocycles. The van der Waals surface area contributed by atoms with Crippen LogP contribution in [0.5, 0.6) is 5.75 Å². The van der Waals surface area contributed by atoms with E-state index in [0.29, 0.717) is 16.9 Å². The summed E-state index contributed by atoms with van der Waals surface area (Å²) in [5, 5.41) is 0. The second-order valence-electron chi connectivity index (χ2n) is 5.44. The van der Waals surface area contributed by atoms with Crippen molar-refractivity contribution in [1.29, 1.82) is 0 Å². The number of para-hydroxylation sites is 1. The van der Waals surface area contributed by atoms with Gasteiger partial charge in [0.15, 0.2) is 0 Å². The SMILES string of the molecule is O=C(CCN1C(=O)c2ccccc2C1=O)OCCOc1ccccc1. The molecule has 0 bridgehead atoms. The average molecular weight is 339 g/mol. The number of benzene rings is 2. The van der Waals surface area contributed by atoms with Gasteiger partial charge < -0.3 is 9.47 Å². The van der Waals surface area contributed by atoms with Crippen molar-refractivity contribution in [2.24, 2.45) is 0 Å². The van der Waals surface area contributed by atoms with Crippen LogP contribution in [0, 0.1) is 0 Å². The molecule has 3 rings (SSSR count). The molecule has 0 aliphatic carbocycles. The number of hydrogen-bond donors (Lipinski definition) is 0. The molecule has 25 heavy (non-hydrogen) atoms. The van der Waals surface area contributed by atoms with Crippen LogP contribution in [0.1, 0.15) is 27.1 Å². The summed E-state index contributed by atoms with van der Waals surface area (Å²) in [7, 11) is 0. The second-order valence-corrected chi connectivity index (χ2v) is 5.44. The molecule has 0 saturated heterocycles. The Balaban J connectivity index is 1.41. The topological polar surface area (TPSA) is 72.9 Å². The number of carbonyl (C=O) groups excluding carboxylic acids is 3. The second kappa shape index (κ2) is 7.61. The molecular weight excluding hydrogens is 322 g/mol. The Morgan fingerprint density at radius 1 is 0.840 bits per heavy atom. The Morgan fingerprint density at radius 3 is 2.08 bits per heavy atom. The van der Waals surface area contributed by atoms with Crippen molar-refractivity contribution in [3.63, 3.8) is 0 Å². The fourth-order valence-electron chi connectivity index (χ4n) is 2.55. The van der Waals surface area contributed by atoms with Crippen molar-refractivity contribution < 1.29 is 23.9 Å². The molecule has 0 unspecified atom stereocenters. The Hall–Kier alpha value is -3.15. The Morgan fingerprint density at radius 2 is 1.44 bits per heavy atom. The van der Waals surface area contributed by atoms with Crippen molar-refractivity contribution in [2.45, 2.75) is 6.42 Å². The molecule has 0 fully saturated rings. The Labute approximate surface area is 145 Å². The molecule has 6 nitrogen and oxygen atoms in total. The van der Waals surface area contributed by atoms with Crippen molar-refractivity contribution >= 4 is 17.8 Å². The number of nitrogens with zero attached hydrogens (tertiary/aromatic N) is 1. The first-order valence-electron chi connectivity index (χ1n) is 7.95. The van der Waals surface area contributed by atoms with Crippen molar-refractivity contribution in [3.05, 3.63) is 65.7 Å². The highest BCUT2D eigenvalue weighted by atomic mass is 16.6. The summed E-state index contributed by atoms with van der Waals surface area (Å²) in [5.41, 5.74) is 0.745. The lowest BCUT2D eigenvalue weighted by molar-refractivity contribution is -0.144. The van der Waals surface area contributed by atoms with Crippen LogP contribution in [0.3, 0.4) is 0 Å². The molecule has 0 spiro atoms. The third-order valence-electron chi connectivity index (χ3n) is 3.78. The van der Waals surface area contributed by atoms with E-state index in [2.05, 4.69) is 0 Å². The highest BCUT2D eigenvalue weighted by Gasteiger charge is 2.35. The molecule has 0 saturated carbocycles. The van der Waals surface area contributed by atoms with Gasteiger partial charge in [-0.1, -0.05) is 30.3 Å². The van der Waals surface area contributed by atoms with Gasteiger partial charge in [-0.15, -0.1) is 0 Å². The van der Waals surface area contributed by atoms with E-state index in [1.165, 1.54) is 0 Å². The van der Waals surface area contributed by atoms with E-state index < -0.39 is 5.97 Å². The summed E-state index contributed by atoms with van der Waals surface area (Å²) in [6.07, 6.45) is -0.0448. The number of carbonyl (C=O) groups is 3. The summed E-state index contributed by atoms with van der Waals surface area (Å²) in [6, 6.07) is 15.8. The molecule has 2 amide bonds. The molecule has 2 aromatic carbocycles. The largest absolute Gasteiger partial charge is 0.490 e. The van der Waals surface area contributed by atoms with Gasteiger partial charge in [0.05, 0.1) is 17.5 Å². The van der Waals surface area contributed by atoms with Crippen LogP contribution in [0.4, 0.5) is 0 Å². The fourth-order valence-corrected chi connectivity index (χ4v) is 2.55. The standard InChI is InChI=1S/C19H17NO5/c21-17(25-13-12-24-14-6-2-1-3-7-14)10-11-20-18(22)15-8-4-5-9-16(15)19(20)23/h1-9H,10-13H2. The number of fused-ring (bicyclic) bond motifs is 1. The number of esters is 1. The minimum atomic E-state index is -0.479. The van der Waals surface area contributed by atoms with Gasteiger partial charge in [0, 0.05) is 6.54 Å². The number of imide groups is 1. The zero-order chi connectivity index (χ0) is 17.6. The van der Waals surface area contributed by atoms with Crippen LogP contribution in [0.25, 0.3) is 0 Å². The quantitative estimate of drug-likeness (QED) is 0.440. The molecule has 6 heteroatoms. The number of ether oxygens (including phenoxy) is 2. The van der Waals surface area contributed by atoms with Gasteiger partial charge in [-0.25, -0.2) is 0 Å². The van der Waals surface area contributed by atoms with Crippen LogP contribution < -0.4 is 4.74 Å². The van der Waals surface area contributed by atoms with E-state index in [9.17, 15) is 14.4 Å². The molecule has 0 atom stereocenters. The van der Waals surface area contributed by atoms with E-state index in [1.807, 2.05) is 30.3 Å². The lowest BCUT2D eigenvalue weighted by Gasteiger charge is -2.13. The maximum Gasteiger partial charge on any atom is 0.307 e. The maximum absolute atomic E-state index is 12.2. The summed E-state index contributed by atoms with van der Waals surface area (Å²) in [6.45, 7) is 0.351. The minimum absolute atomic E-state index is 0.00468. The summed E-state index contributed by atoms with van der Waals surface area (Å²) >= 11 is 0. The molecule has 0 N–H and O–H groups in total. The van der Waals surface area contributed by atoms with E-state index in [-0.39, 0.29) is 38.0 Å². The molecular formula is C19H17NO5. The first kappa shape index (κ1) is 16.7. The Bertz CT molecular complexity index is 752. The zero-order valence-corrected chi connectivity index (χ0v) is 13.5. The predicted molar refractivity (Wildman–Crippen MR) is 89.3 cm³/mol. The number of hydrogen-bond acceptors (Lipinski definition) is 5. The summed E-state index contributed by atoms with van der Waals surface area (Å²) in [5.74, 6) is -0.528. The lowest BCUT2D eigenvalue weighted by atomic mass is 10.1. The van der Waals surface area contributed by atoms with Crippen LogP contribution >= 0.6 is 0 Å². The van der Waals surface area contributed by atoms with Crippen LogP contribution in [-0.2, 0) is 9.53 Å². The highest BCUT2D eigenvalue weighted by molar-refractivity contribution is 6.21. The Kier molecular flexibility index (Phi) is 5.09. The summed E-state index contributed by atoms with van der Waals surface area (Å²) in [4.78, 5) is 37.2. The van der Waals surface area contributed by atoms with Crippen LogP contribution in [0.2, 0.25) is 0 Å². The molecule has 2 aromatic rings. The van der Waals surface area contributed by atoms with Crippen LogP contribution in [0.15, 0.2) is 54.6 Å². The van der Waals surface area contributed by atoms with Crippen molar-refractivity contribution in [3.8, 4) is 5.75 Å². The molecule has 0 aromatic heterocycles. The average Bonchev–Trinajstić information content (AvgIpc) is 2.89.